The van der Waals surface area contributed by atoms with Gasteiger partial charge in [0.15, 0.2) is 5.96 Å². The lowest BCUT2D eigenvalue weighted by Gasteiger charge is -2.26. The zero-order valence-electron chi connectivity index (χ0n) is 10.9. The molecular weight excluding hydrogens is 343 g/mol. The van der Waals surface area contributed by atoms with Crippen LogP contribution in [0.25, 0.3) is 0 Å². The lowest BCUT2D eigenvalue weighted by atomic mass is 10.1. The van der Waals surface area contributed by atoms with Crippen LogP contribution < -0.4 is 11.1 Å². The molecule has 104 valence electrons. The summed E-state index contributed by atoms with van der Waals surface area (Å²) in [7, 11) is 0. The second kappa shape index (κ2) is 9.18. The first-order valence-electron chi connectivity index (χ1n) is 6.05. The van der Waals surface area contributed by atoms with Crippen LogP contribution in [0.4, 0.5) is 0 Å². The summed E-state index contributed by atoms with van der Waals surface area (Å²) in [5.74, 6) is 0.364. The molecule has 1 amide bonds. The highest BCUT2D eigenvalue weighted by molar-refractivity contribution is 14.0. The molecule has 1 aliphatic heterocycles. The summed E-state index contributed by atoms with van der Waals surface area (Å²) < 4.78 is 0. The van der Waals surface area contributed by atoms with Crippen molar-refractivity contribution in [2.45, 2.75) is 26.2 Å². The Balaban J connectivity index is 0.00000289. The molecule has 0 radical (unpaired) electrons. The number of carbonyl (C=O) groups excluding carboxylic acids is 1. The van der Waals surface area contributed by atoms with E-state index in [1.807, 2.05) is 11.8 Å². The van der Waals surface area contributed by atoms with Crippen molar-refractivity contribution in [1.82, 2.24) is 10.2 Å². The first-order chi connectivity index (χ1) is 8.09. The Morgan fingerprint density at radius 2 is 2.00 bits per heavy atom. The predicted molar refractivity (Wildman–Crippen MR) is 85.2 cm³/mol. The van der Waals surface area contributed by atoms with E-state index >= 15 is 0 Å². The van der Waals surface area contributed by atoms with E-state index in [9.17, 15) is 4.79 Å². The molecule has 0 spiro atoms. The van der Waals surface area contributed by atoms with Gasteiger partial charge in [0.25, 0.3) is 0 Å². The van der Waals surface area contributed by atoms with Crippen molar-refractivity contribution < 1.29 is 4.79 Å². The first kappa shape index (κ1) is 17.2. The highest BCUT2D eigenvalue weighted by Gasteiger charge is 2.15. The highest BCUT2D eigenvalue weighted by Crippen LogP contribution is 2.08. The van der Waals surface area contributed by atoms with Crippen LogP contribution in [0.3, 0.4) is 0 Å². The van der Waals surface area contributed by atoms with Gasteiger partial charge < -0.3 is 16.0 Å². The van der Waals surface area contributed by atoms with Crippen molar-refractivity contribution in [3.8, 4) is 0 Å². The average Bonchev–Trinajstić information content (AvgIpc) is 2.34. The predicted octanol–water partition coefficient (Wildman–Crippen LogP) is 1.10. The number of piperidine rings is 1. The molecule has 0 atom stereocenters. The number of nitrogens with one attached hydrogen (secondary N) is 1. The molecule has 18 heavy (non-hydrogen) atoms. The lowest BCUT2D eigenvalue weighted by molar-refractivity contribution is -0.130. The van der Waals surface area contributed by atoms with E-state index in [1.165, 1.54) is 6.42 Å². The zero-order valence-corrected chi connectivity index (χ0v) is 13.3. The standard InChI is InChI=1S/C12H22N4O.HI/c1-10(2)8-14-12(13)15-9-11(17)16-6-4-3-5-7-16;/h1,3-9H2,2H3,(H3,13,14,15);1H. The van der Waals surface area contributed by atoms with Gasteiger partial charge in [0.2, 0.25) is 5.91 Å². The number of aliphatic imine (C=N–C) groups is 1. The SMILES string of the molecule is C=C(C)CNC(N)=NCC(=O)N1CCCCC1.I. The van der Waals surface area contributed by atoms with Crippen LogP contribution in [-0.2, 0) is 4.79 Å². The Bertz CT molecular complexity index is 311. The van der Waals surface area contributed by atoms with E-state index in [-0.39, 0.29) is 36.4 Å². The smallest absolute Gasteiger partial charge is 0.244 e. The van der Waals surface area contributed by atoms with Gasteiger partial charge in [-0.15, -0.1) is 24.0 Å². The molecule has 0 bridgehead atoms. The van der Waals surface area contributed by atoms with Crippen molar-refractivity contribution in [2.24, 2.45) is 10.7 Å². The quantitative estimate of drug-likeness (QED) is 0.339. The van der Waals surface area contributed by atoms with E-state index < -0.39 is 0 Å². The van der Waals surface area contributed by atoms with Gasteiger partial charge in [-0.05, 0) is 26.2 Å². The maximum Gasteiger partial charge on any atom is 0.244 e. The number of nitrogens with two attached hydrogens (primary N) is 1. The van der Waals surface area contributed by atoms with Gasteiger partial charge in [0.05, 0.1) is 0 Å². The second-order valence-electron chi connectivity index (χ2n) is 4.45. The number of nitrogens with zero attached hydrogens (tertiary/aromatic N) is 2. The highest BCUT2D eigenvalue weighted by atomic mass is 127. The van der Waals surface area contributed by atoms with Crippen molar-refractivity contribution in [2.75, 3.05) is 26.2 Å². The van der Waals surface area contributed by atoms with Crippen LogP contribution in [-0.4, -0.2) is 42.9 Å². The van der Waals surface area contributed by atoms with E-state index in [0.29, 0.717) is 12.5 Å². The number of rotatable bonds is 4. The van der Waals surface area contributed by atoms with Gasteiger partial charge in [-0.25, -0.2) is 4.99 Å². The van der Waals surface area contributed by atoms with Crippen molar-refractivity contribution in [3.63, 3.8) is 0 Å². The van der Waals surface area contributed by atoms with Gasteiger partial charge >= 0.3 is 0 Å². The third-order valence-electron chi connectivity index (χ3n) is 2.66. The molecule has 1 fully saturated rings. The minimum atomic E-state index is 0. The van der Waals surface area contributed by atoms with Crippen LogP contribution in [0.5, 0.6) is 0 Å². The monoisotopic (exact) mass is 366 g/mol. The Morgan fingerprint density at radius 1 is 1.39 bits per heavy atom. The number of amides is 1. The van der Waals surface area contributed by atoms with Crippen LogP contribution in [0.2, 0.25) is 0 Å². The van der Waals surface area contributed by atoms with Crippen LogP contribution >= 0.6 is 24.0 Å². The first-order valence-corrected chi connectivity index (χ1v) is 6.05. The van der Waals surface area contributed by atoms with Crippen LogP contribution in [0, 0.1) is 0 Å². The summed E-state index contributed by atoms with van der Waals surface area (Å²) >= 11 is 0. The fourth-order valence-corrected chi connectivity index (χ4v) is 1.69. The average molecular weight is 366 g/mol. The molecule has 0 aromatic rings. The third kappa shape index (κ3) is 6.83. The molecule has 1 aliphatic rings. The molecule has 6 heteroatoms. The molecule has 3 N–H and O–H groups in total. The summed E-state index contributed by atoms with van der Waals surface area (Å²) in [6.45, 7) is 8.08. The molecule has 1 heterocycles. The Labute approximate surface area is 126 Å². The molecule has 5 nitrogen and oxygen atoms in total. The largest absolute Gasteiger partial charge is 0.370 e. The minimum absolute atomic E-state index is 0. The Hall–Kier alpha value is -0.790. The number of halogens is 1. The summed E-state index contributed by atoms with van der Waals surface area (Å²) in [6, 6.07) is 0. The molecule has 0 aliphatic carbocycles. The molecule has 1 rings (SSSR count). The normalized spacial score (nSPS) is 15.8. The van der Waals surface area contributed by atoms with E-state index in [1.54, 1.807) is 0 Å². The number of guanidine groups is 1. The van der Waals surface area contributed by atoms with Gasteiger partial charge in [-0.1, -0.05) is 12.2 Å². The molecule has 0 aromatic carbocycles. The summed E-state index contributed by atoms with van der Waals surface area (Å²) in [4.78, 5) is 17.6. The van der Waals surface area contributed by atoms with E-state index in [2.05, 4.69) is 16.9 Å². The maximum absolute atomic E-state index is 11.8. The Kier molecular flexibility index (Phi) is 8.78. The van der Waals surface area contributed by atoms with Gasteiger partial charge in [-0.2, -0.15) is 0 Å². The molecule has 0 unspecified atom stereocenters. The van der Waals surface area contributed by atoms with Crippen LogP contribution in [0.1, 0.15) is 26.2 Å². The summed E-state index contributed by atoms with van der Waals surface area (Å²) in [5, 5.41) is 2.90. The number of carbonyl (C=O) groups is 1. The Morgan fingerprint density at radius 3 is 2.56 bits per heavy atom. The van der Waals surface area contributed by atoms with Crippen LogP contribution in [0.15, 0.2) is 17.1 Å². The fourth-order valence-electron chi connectivity index (χ4n) is 1.69. The molecule has 0 saturated carbocycles. The van der Waals surface area contributed by atoms with Crippen molar-refractivity contribution >= 4 is 35.8 Å². The molecule has 0 aromatic heterocycles. The lowest BCUT2D eigenvalue weighted by Crippen LogP contribution is -2.38. The van der Waals surface area contributed by atoms with E-state index in [0.717, 1.165) is 31.5 Å². The summed E-state index contributed by atoms with van der Waals surface area (Å²) in [5.41, 5.74) is 6.60. The maximum atomic E-state index is 11.8. The number of likely N-dealkylation sites (tertiary alicyclic amines) is 1. The number of hydrogen-bond acceptors (Lipinski definition) is 2. The molecular formula is C12H23IN4O. The molecule has 1 saturated heterocycles. The van der Waals surface area contributed by atoms with Crippen molar-refractivity contribution in [1.29, 1.82) is 0 Å². The second-order valence-corrected chi connectivity index (χ2v) is 4.45. The number of hydrogen-bond donors (Lipinski definition) is 2. The topological polar surface area (TPSA) is 70.7 Å². The van der Waals surface area contributed by atoms with Gasteiger partial charge in [0, 0.05) is 19.6 Å². The summed E-state index contributed by atoms with van der Waals surface area (Å²) in [6.07, 6.45) is 3.41. The van der Waals surface area contributed by atoms with Crippen molar-refractivity contribution in [3.05, 3.63) is 12.2 Å². The zero-order chi connectivity index (χ0) is 12.7. The van der Waals surface area contributed by atoms with E-state index in [4.69, 9.17) is 5.73 Å². The van der Waals surface area contributed by atoms with Gasteiger partial charge in [-0.3, -0.25) is 4.79 Å². The van der Waals surface area contributed by atoms with Gasteiger partial charge in [0.1, 0.15) is 6.54 Å². The minimum Gasteiger partial charge on any atom is -0.370 e. The fraction of sp³-hybridized carbons (Fsp3) is 0.667. The third-order valence-corrected chi connectivity index (χ3v) is 2.66.